The van der Waals surface area contributed by atoms with Gasteiger partial charge in [0.2, 0.25) is 5.95 Å². The number of carbonyl (C=O) groups excluding carboxylic acids is 2. The number of nitrogens with two attached hydrogens (primary N) is 1. The molecule has 1 aromatic heterocycles. The predicted octanol–water partition coefficient (Wildman–Crippen LogP) is 3.19. The summed E-state index contributed by atoms with van der Waals surface area (Å²) in [4.78, 5) is 31.6. The molecule has 1 saturated heterocycles. The van der Waals surface area contributed by atoms with Crippen LogP contribution in [0.15, 0.2) is 36.4 Å². The van der Waals surface area contributed by atoms with Crippen LogP contribution in [0.25, 0.3) is 0 Å². The Morgan fingerprint density at radius 3 is 2.78 bits per heavy atom. The molecule has 2 aliphatic rings. The lowest BCUT2D eigenvalue weighted by molar-refractivity contribution is 0.0995. The largest absolute Gasteiger partial charge is 0.495 e. The standard InChI is InChI=1S/C26H29N7O3/c1-15-6-5-7-16(10-15)25(35)29-24-22(23(27)34)31-32-26(30-24)28-20-12-18-14-33-9-4-3-8-19(33)11-17(18)13-21(20)36-2/h5-7,10,12-13,19H,3-4,8-9,11,14H2,1-2H3,(H2,27,34)(H2,28,29,30,32,35). The van der Waals surface area contributed by atoms with Crippen LogP contribution in [-0.4, -0.2) is 51.6 Å². The van der Waals surface area contributed by atoms with Crippen LogP contribution in [0, 0.1) is 6.92 Å². The molecule has 186 valence electrons. The van der Waals surface area contributed by atoms with E-state index in [9.17, 15) is 9.59 Å². The molecule has 0 aliphatic carbocycles. The lowest BCUT2D eigenvalue weighted by Crippen LogP contribution is -2.43. The van der Waals surface area contributed by atoms with Crippen LogP contribution in [-0.2, 0) is 13.0 Å². The van der Waals surface area contributed by atoms with Gasteiger partial charge in [0.25, 0.3) is 11.8 Å². The van der Waals surface area contributed by atoms with Crippen LogP contribution < -0.4 is 21.1 Å². The number of hydrogen-bond acceptors (Lipinski definition) is 8. The van der Waals surface area contributed by atoms with Gasteiger partial charge in [0.05, 0.1) is 12.8 Å². The lowest BCUT2D eigenvalue weighted by atomic mass is 9.88. The smallest absolute Gasteiger partial charge is 0.273 e. The number of primary amides is 1. The average molecular weight is 488 g/mol. The molecule has 1 fully saturated rings. The van der Waals surface area contributed by atoms with Crippen molar-refractivity contribution in [1.29, 1.82) is 0 Å². The Hall–Kier alpha value is -4.05. The zero-order valence-corrected chi connectivity index (χ0v) is 20.4. The highest BCUT2D eigenvalue weighted by Gasteiger charge is 2.29. The summed E-state index contributed by atoms with van der Waals surface area (Å²) in [6.07, 6.45) is 4.74. The molecule has 1 atom stereocenters. The molecule has 0 bridgehead atoms. The maximum atomic E-state index is 12.8. The van der Waals surface area contributed by atoms with E-state index in [1.807, 2.05) is 13.0 Å². The quantitative estimate of drug-likeness (QED) is 0.482. The van der Waals surface area contributed by atoms with E-state index in [0.29, 0.717) is 23.0 Å². The Morgan fingerprint density at radius 1 is 1.14 bits per heavy atom. The summed E-state index contributed by atoms with van der Waals surface area (Å²) in [5.41, 5.74) is 9.77. The van der Waals surface area contributed by atoms with Crippen LogP contribution in [0.1, 0.15) is 56.8 Å². The summed E-state index contributed by atoms with van der Waals surface area (Å²) >= 11 is 0. The monoisotopic (exact) mass is 487 g/mol. The van der Waals surface area contributed by atoms with E-state index < -0.39 is 11.8 Å². The summed E-state index contributed by atoms with van der Waals surface area (Å²) in [5, 5.41) is 13.7. The zero-order chi connectivity index (χ0) is 25.2. The normalized spacial score (nSPS) is 17.0. The van der Waals surface area contributed by atoms with Gasteiger partial charge in [-0.15, -0.1) is 10.2 Å². The van der Waals surface area contributed by atoms with Gasteiger partial charge in [-0.3, -0.25) is 14.5 Å². The number of benzene rings is 2. The highest BCUT2D eigenvalue weighted by atomic mass is 16.5. The summed E-state index contributed by atoms with van der Waals surface area (Å²) < 4.78 is 5.65. The first kappa shape index (κ1) is 23.7. The number of rotatable bonds is 6. The predicted molar refractivity (Wildman–Crippen MR) is 136 cm³/mol. The van der Waals surface area contributed by atoms with E-state index in [-0.39, 0.29) is 17.5 Å². The third-order valence-corrected chi connectivity index (χ3v) is 6.78. The van der Waals surface area contributed by atoms with Gasteiger partial charge in [0.1, 0.15) is 5.75 Å². The minimum absolute atomic E-state index is 0.0698. The van der Waals surface area contributed by atoms with Crippen molar-refractivity contribution in [3.05, 3.63) is 64.3 Å². The Kier molecular flexibility index (Phi) is 6.51. The number of methoxy groups -OCH3 is 1. The van der Waals surface area contributed by atoms with Crippen molar-refractivity contribution < 1.29 is 14.3 Å². The number of nitrogens with zero attached hydrogens (tertiary/aromatic N) is 4. The van der Waals surface area contributed by atoms with Crippen molar-refractivity contribution in [2.24, 2.45) is 5.73 Å². The number of nitrogens with one attached hydrogen (secondary N) is 2. The summed E-state index contributed by atoms with van der Waals surface area (Å²) in [6.45, 7) is 3.89. The molecule has 2 aliphatic heterocycles. The first-order valence-electron chi connectivity index (χ1n) is 12.0. The Bertz CT molecular complexity index is 1330. The Morgan fingerprint density at radius 2 is 2.00 bits per heavy atom. The summed E-state index contributed by atoms with van der Waals surface area (Å²) in [5.74, 6) is -0.589. The highest BCUT2D eigenvalue weighted by Crippen LogP contribution is 2.36. The summed E-state index contributed by atoms with van der Waals surface area (Å²) in [7, 11) is 1.62. The van der Waals surface area contributed by atoms with E-state index in [1.54, 1.807) is 25.3 Å². The van der Waals surface area contributed by atoms with Crippen LogP contribution in [0.5, 0.6) is 5.75 Å². The molecule has 1 unspecified atom stereocenters. The molecule has 3 heterocycles. The molecular weight excluding hydrogens is 458 g/mol. The topological polar surface area (TPSA) is 135 Å². The molecular formula is C26H29N7O3. The molecule has 4 N–H and O–H groups in total. The molecule has 10 nitrogen and oxygen atoms in total. The second kappa shape index (κ2) is 9.90. The average Bonchev–Trinajstić information content (AvgIpc) is 2.87. The molecule has 5 rings (SSSR count). The first-order chi connectivity index (χ1) is 17.4. The number of carbonyl (C=O) groups is 2. The fourth-order valence-corrected chi connectivity index (χ4v) is 4.96. The van der Waals surface area contributed by atoms with Crippen molar-refractivity contribution in [1.82, 2.24) is 20.1 Å². The summed E-state index contributed by atoms with van der Waals surface area (Å²) in [6, 6.07) is 11.8. The van der Waals surface area contributed by atoms with Crippen molar-refractivity contribution in [3.8, 4) is 5.75 Å². The van der Waals surface area contributed by atoms with Crippen LogP contribution in [0.3, 0.4) is 0 Å². The molecule has 10 heteroatoms. The number of aromatic nitrogens is 3. The number of ether oxygens (including phenoxy) is 1. The lowest BCUT2D eigenvalue weighted by Gasteiger charge is -2.40. The van der Waals surface area contributed by atoms with E-state index in [1.165, 1.54) is 30.4 Å². The van der Waals surface area contributed by atoms with Gasteiger partial charge in [-0.25, -0.2) is 0 Å². The molecule has 36 heavy (non-hydrogen) atoms. The number of aryl methyl sites for hydroxylation is 1. The third-order valence-electron chi connectivity index (χ3n) is 6.78. The molecule has 0 saturated carbocycles. The van der Waals surface area contributed by atoms with Crippen LogP contribution in [0.4, 0.5) is 17.5 Å². The van der Waals surface area contributed by atoms with E-state index in [4.69, 9.17) is 10.5 Å². The van der Waals surface area contributed by atoms with E-state index >= 15 is 0 Å². The van der Waals surface area contributed by atoms with Crippen molar-refractivity contribution in [3.63, 3.8) is 0 Å². The van der Waals surface area contributed by atoms with E-state index in [0.717, 1.165) is 25.1 Å². The second-order valence-corrected chi connectivity index (χ2v) is 9.29. The Labute approximate surface area is 209 Å². The fourth-order valence-electron chi connectivity index (χ4n) is 4.96. The van der Waals surface area contributed by atoms with Crippen LogP contribution in [0.2, 0.25) is 0 Å². The number of fused-ring (bicyclic) bond motifs is 2. The highest BCUT2D eigenvalue weighted by molar-refractivity contribution is 6.07. The van der Waals surface area contributed by atoms with Gasteiger partial charge in [0, 0.05) is 18.2 Å². The number of anilines is 3. The molecule has 0 spiro atoms. The van der Waals surface area contributed by atoms with Crippen molar-refractivity contribution in [2.75, 3.05) is 24.3 Å². The van der Waals surface area contributed by atoms with Crippen molar-refractivity contribution >= 4 is 29.3 Å². The van der Waals surface area contributed by atoms with Gasteiger partial charge in [-0.1, -0.05) is 24.1 Å². The van der Waals surface area contributed by atoms with Crippen molar-refractivity contribution in [2.45, 2.75) is 45.2 Å². The molecule has 2 amide bonds. The minimum atomic E-state index is -0.844. The second-order valence-electron chi connectivity index (χ2n) is 9.29. The first-order valence-corrected chi connectivity index (χ1v) is 12.0. The fraction of sp³-hybridized carbons (Fsp3) is 0.346. The third kappa shape index (κ3) is 4.85. The molecule has 2 aromatic carbocycles. The van der Waals surface area contributed by atoms with Gasteiger partial charge in [-0.05, 0) is 68.1 Å². The maximum absolute atomic E-state index is 12.8. The zero-order valence-electron chi connectivity index (χ0n) is 20.4. The van der Waals surface area contributed by atoms with Gasteiger partial charge < -0.3 is 21.1 Å². The minimum Gasteiger partial charge on any atom is -0.495 e. The van der Waals surface area contributed by atoms with E-state index in [2.05, 4.69) is 42.8 Å². The molecule has 0 radical (unpaired) electrons. The van der Waals surface area contributed by atoms with Gasteiger partial charge in [0.15, 0.2) is 11.5 Å². The number of hydrogen-bond donors (Lipinski definition) is 3. The number of piperidine rings is 1. The SMILES string of the molecule is COc1cc2c(cc1Nc1nnc(C(N)=O)c(NC(=O)c3cccc(C)c3)n1)CN1CCCCC1C2. The Balaban J connectivity index is 1.43. The molecule has 3 aromatic rings. The van der Waals surface area contributed by atoms with Crippen LogP contribution >= 0.6 is 0 Å². The van der Waals surface area contributed by atoms with Gasteiger partial charge in [-0.2, -0.15) is 4.98 Å². The maximum Gasteiger partial charge on any atom is 0.273 e. The van der Waals surface area contributed by atoms with Gasteiger partial charge >= 0.3 is 0 Å². The number of amides is 2.